The molecule has 0 rings (SSSR count). The van der Waals surface area contributed by atoms with Crippen LogP contribution in [0.2, 0.25) is 6.04 Å². The van der Waals surface area contributed by atoms with Crippen LogP contribution in [0, 0.1) is 0 Å². The molecule has 106 valence electrons. The van der Waals surface area contributed by atoms with Crippen molar-refractivity contribution in [1.29, 1.82) is 0 Å². The fourth-order valence-corrected chi connectivity index (χ4v) is 3.69. The molecule has 0 aromatic heterocycles. The largest absolute Gasteiger partial charge is 0.500 e. The number of carbonyl (C=O) groups excluding carboxylic acids is 1. The van der Waals surface area contributed by atoms with Crippen LogP contribution in [0.4, 0.5) is 0 Å². The van der Waals surface area contributed by atoms with E-state index < -0.39 is 8.80 Å². The molecule has 0 aromatic rings. The van der Waals surface area contributed by atoms with Crippen LogP contribution in [0.3, 0.4) is 0 Å². The van der Waals surface area contributed by atoms with E-state index in [0.29, 0.717) is 37.9 Å². The van der Waals surface area contributed by atoms with Crippen LogP contribution in [0.1, 0.15) is 27.2 Å². The van der Waals surface area contributed by atoms with E-state index in [1.165, 1.54) is 0 Å². The van der Waals surface area contributed by atoms with Gasteiger partial charge >= 0.3 is 14.8 Å². The van der Waals surface area contributed by atoms with Crippen molar-refractivity contribution in [3.63, 3.8) is 0 Å². The zero-order valence-corrected chi connectivity index (χ0v) is 12.8. The number of hydrogen-bond acceptors (Lipinski definition) is 5. The van der Waals surface area contributed by atoms with E-state index in [1.54, 1.807) is 14.0 Å². The highest BCUT2D eigenvalue weighted by Crippen LogP contribution is 2.17. The molecule has 0 bridgehead atoms. The fraction of sp³-hybridized carbons (Fsp3) is 0.750. The molecule has 0 amide bonds. The van der Waals surface area contributed by atoms with E-state index in [2.05, 4.69) is 6.58 Å². The van der Waals surface area contributed by atoms with E-state index >= 15 is 0 Å². The lowest BCUT2D eigenvalue weighted by Gasteiger charge is -2.27. The number of esters is 1. The van der Waals surface area contributed by atoms with Gasteiger partial charge in [0.15, 0.2) is 0 Å². The average Bonchev–Trinajstić information content (AvgIpc) is 2.34. The standard InChI is InChI=1S/C12H24O5Si/c1-6-16-18(14-5,17-7-2)10-8-9-15-12(13)11(3)4/h3,6-10H2,1-2,4-5H3. The molecular weight excluding hydrogens is 252 g/mol. The number of carbonyl (C=O) groups is 1. The van der Waals surface area contributed by atoms with Gasteiger partial charge in [-0.05, 0) is 27.2 Å². The Bertz CT molecular complexity index is 261. The van der Waals surface area contributed by atoms with Crippen molar-refractivity contribution in [3.8, 4) is 0 Å². The van der Waals surface area contributed by atoms with Gasteiger partial charge in [0.1, 0.15) is 0 Å². The fourth-order valence-electron chi connectivity index (χ4n) is 1.42. The van der Waals surface area contributed by atoms with Crippen LogP contribution in [-0.4, -0.2) is 41.7 Å². The van der Waals surface area contributed by atoms with E-state index in [4.69, 9.17) is 18.0 Å². The molecule has 0 N–H and O–H groups in total. The highest BCUT2D eigenvalue weighted by atomic mass is 28.4. The van der Waals surface area contributed by atoms with Crippen molar-refractivity contribution >= 4 is 14.8 Å². The summed E-state index contributed by atoms with van der Waals surface area (Å²) in [5.74, 6) is -0.368. The minimum Gasteiger partial charge on any atom is -0.462 e. The average molecular weight is 276 g/mol. The highest BCUT2D eigenvalue weighted by Gasteiger charge is 2.38. The maximum Gasteiger partial charge on any atom is 0.500 e. The van der Waals surface area contributed by atoms with Crippen LogP contribution >= 0.6 is 0 Å². The summed E-state index contributed by atoms with van der Waals surface area (Å²) in [5, 5.41) is 0. The zero-order valence-electron chi connectivity index (χ0n) is 11.8. The van der Waals surface area contributed by atoms with Crippen LogP contribution in [0.25, 0.3) is 0 Å². The quantitative estimate of drug-likeness (QED) is 0.265. The molecule has 5 nitrogen and oxygen atoms in total. The third-order valence-electron chi connectivity index (χ3n) is 2.25. The van der Waals surface area contributed by atoms with Gasteiger partial charge in [-0.2, -0.15) is 0 Å². The topological polar surface area (TPSA) is 54.0 Å². The van der Waals surface area contributed by atoms with Crippen molar-refractivity contribution in [2.75, 3.05) is 26.9 Å². The first-order chi connectivity index (χ1) is 8.51. The molecule has 0 aliphatic rings. The van der Waals surface area contributed by atoms with Gasteiger partial charge in [0, 0.05) is 31.9 Å². The number of rotatable bonds is 10. The summed E-state index contributed by atoms with van der Waals surface area (Å²) in [4.78, 5) is 11.2. The highest BCUT2D eigenvalue weighted by molar-refractivity contribution is 6.60. The Balaban J connectivity index is 4.10. The SMILES string of the molecule is C=C(C)C(=O)OCCC[Si](OC)(OCC)OCC. The Morgan fingerprint density at radius 1 is 1.22 bits per heavy atom. The summed E-state index contributed by atoms with van der Waals surface area (Å²) < 4.78 is 21.6. The van der Waals surface area contributed by atoms with Gasteiger partial charge in [-0.25, -0.2) is 4.79 Å². The smallest absolute Gasteiger partial charge is 0.462 e. The van der Waals surface area contributed by atoms with Gasteiger partial charge in [0.2, 0.25) is 0 Å². The molecule has 0 atom stereocenters. The Morgan fingerprint density at radius 2 is 1.78 bits per heavy atom. The van der Waals surface area contributed by atoms with Crippen LogP contribution in [-0.2, 0) is 22.8 Å². The molecule has 18 heavy (non-hydrogen) atoms. The molecule has 0 aliphatic heterocycles. The predicted octanol–water partition coefficient (Wildman–Crippen LogP) is 2.15. The molecule has 0 heterocycles. The molecule has 0 spiro atoms. The van der Waals surface area contributed by atoms with Gasteiger partial charge in [-0.3, -0.25) is 0 Å². The van der Waals surface area contributed by atoms with E-state index in [0.717, 1.165) is 0 Å². The molecule has 0 saturated carbocycles. The van der Waals surface area contributed by atoms with Gasteiger partial charge in [0.25, 0.3) is 0 Å². The Hall–Kier alpha value is -0.693. The first kappa shape index (κ1) is 17.3. The first-order valence-electron chi connectivity index (χ1n) is 6.17. The van der Waals surface area contributed by atoms with Crippen LogP contribution < -0.4 is 0 Å². The summed E-state index contributed by atoms with van der Waals surface area (Å²) in [5.41, 5.74) is 0.403. The first-order valence-corrected chi connectivity index (χ1v) is 8.10. The van der Waals surface area contributed by atoms with Crippen molar-refractivity contribution in [3.05, 3.63) is 12.2 Å². The van der Waals surface area contributed by atoms with Gasteiger partial charge in [0.05, 0.1) is 6.61 Å². The maximum atomic E-state index is 11.2. The van der Waals surface area contributed by atoms with E-state index in [-0.39, 0.29) is 5.97 Å². The minimum absolute atomic E-state index is 0.323. The third-order valence-corrected chi connectivity index (χ3v) is 5.29. The van der Waals surface area contributed by atoms with Crippen molar-refractivity contribution in [2.45, 2.75) is 33.2 Å². The monoisotopic (exact) mass is 276 g/mol. The molecule has 0 aromatic carbocycles. The Labute approximate surface area is 110 Å². The van der Waals surface area contributed by atoms with Crippen molar-refractivity contribution < 1.29 is 22.8 Å². The summed E-state index contributed by atoms with van der Waals surface area (Å²) in [7, 11) is -0.988. The second-order valence-electron chi connectivity index (χ2n) is 3.77. The molecule has 6 heteroatoms. The van der Waals surface area contributed by atoms with Gasteiger partial charge < -0.3 is 18.0 Å². The number of ether oxygens (including phenoxy) is 1. The lowest BCUT2D eigenvalue weighted by molar-refractivity contribution is -0.139. The lowest BCUT2D eigenvalue weighted by atomic mass is 10.4. The molecule has 0 radical (unpaired) electrons. The summed E-state index contributed by atoms with van der Waals surface area (Å²) in [6, 6.07) is 0.634. The third kappa shape index (κ3) is 6.30. The van der Waals surface area contributed by atoms with Crippen molar-refractivity contribution in [2.24, 2.45) is 0 Å². The number of hydrogen-bond donors (Lipinski definition) is 0. The zero-order chi connectivity index (χ0) is 14.0. The van der Waals surface area contributed by atoms with E-state index in [1.807, 2.05) is 13.8 Å². The summed E-state index contributed by atoms with van der Waals surface area (Å²) >= 11 is 0. The second-order valence-corrected chi connectivity index (χ2v) is 6.62. The van der Waals surface area contributed by atoms with Crippen LogP contribution in [0.5, 0.6) is 0 Å². The molecule has 0 aliphatic carbocycles. The Morgan fingerprint density at radius 3 is 2.17 bits per heavy atom. The Kier molecular flexibility index (Phi) is 8.91. The second kappa shape index (κ2) is 9.27. The molecular formula is C12H24O5Si. The lowest BCUT2D eigenvalue weighted by Crippen LogP contribution is -2.45. The molecule has 0 fully saturated rings. The van der Waals surface area contributed by atoms with E-state index in [9.17, 15) is 4.79 Å². The van der Waals surface area contributed by atoms with Crippen LogP contribution in [0.15, 0.2) is 12.2 Å². The predicted molar refractivity (Wildman–Crippen MR) is 71.2 cm³/mol. The summed E-state index contributed by atoms with van der Waals surface area (Å²) in [6.45, 7) is 10.4. The molecule has 0 saturated heterocycles. The maximum absolute atomic E-state index is 11.2. The molecule has 0 unspecified atom stereocenters. The summed E-state index contributed by atoms with van der Waals surface area (Å²) in [6.07, 6.45) is 0.652. The van der Waals surface area contributed by atoms with Gasteiger partial charge in [-0.1, -0.05) is 6.58 Å². The minimum atomic E-state index is -2.58. The normalized spacial score (nSPS) is 11.3. The van der Waals surface area contributed by atoms with Crippen molar-refractivity contribution in [1.82, 2.24) is 0 Å². The van der Waals surface area contributed by atoms with Gasteiger partial charge in [-0.15, -0.1) is 0 Å².